The molecule has 3 N–H and O–H groups in total. The minimum atomic E-state index is -0.264. The summed E-state index contributed by atoms with van der Waals surface area (Å²) in [7, 11) is 0. The van der Waals surface area contributed by atoms with Crippen molar-refractivity contribution < 1.29 is 9.59 Å². The maximum Gasteiger partial charge on any atom is 0.326 e. The molecular formula is C20H27N5O3. The number of piperidine rings is 1. The highest BCUT2D eigenvalue weighted by Crippen LogP contribution is 2.17. The largest absolute Gasteiger partial charge is 0.354 e. The maximum absolute atomic E-state index is 12.8. The van der Waals surface area contributed by atoms with Crippen LogP contribution >= 0.6 is 0 Å². The van der Waals surface area contributed by atoms with Gasteiger partial charge in [-0.3, -0.25) is 14.2 Å². The number of aromatic amines is 1. The predicted octanol–water partition coefficient (Wildman–Crippen LogP) is 0.436. The second kappa shape index (κ2) is 8.18. The molecule has 2 atom stereocenters. The number of amides is 2. The van der Waals surface area contributed by atoms with Crippen LogP contribution in [0.1, 0.15) is 25.7 Å². The van der Waals surface area contributed by atoms with Crippen molar-refractivity contribution in [3.8, 4) is 0 Å². The van der Waals surface area contributed by atoms with E-state index in [9.17, 15) is 14.4 Å². The Morgan fingerprint density at radius 2 is 2.04 bits per heavy atom. The fraction of sp³-hybridized carbons (Fsp3) is 0.550. The van der Waals surface area contributed by atoms with Gasteiger partial charge in [0.15, 0.2) is 0 Å². The average molecular weight is 385 g/mol. The molecule has 28 heavy (non-hydrogen) atoms. The molecule has 1 aromatic carbocycles. The van der Waals surface area contributed by atoms with Crippen LogP contribution in [0.5, 0.6) is 0 Å². The van der Waals surface area contributed by atoms with E-state index in [0.29, 0.717) is 19.6 Å². The van der Waals surface area contributed by atoms with E-state index in [2.05, 4.69) is 15.6 Å². The molecule has 0 aliphatic carbocycles. The van der Waals surface area contributed by atoms with E-state index in [1.54, 1.807) is 0 Å². The van der Waals surface area contributed by atoms with Gasteiger partial charge in [0.1, 0.15) is 6.54 Å². The van der Waals surface area contributed by atoms with Crippen LogP contribution < -0.4 is 16.3 Å². The van der Waals surface area contributed by atoms with E-state index in [4.69, 9.17) is 0 Å². The summed E-state index contributed by atoms with van der Waals surface area (Å²) in [4.78, 5) is 41.8. The average Bonchev–Trinajstić information content (AvgIpc) is 3.35. The van der Waals surface area contributed by atoms with Crippen molar-refractivity contribution in [3.63, 3.8) is 0 Å². The summed E-state index contributed by atoms with van der Waals surface area (Å²) >= 11 is 0. The maximum atomic E-state index is 12.8. The van der Waals surface area contributed by atoms with E-state index in [-0.39, 0.29) is 36.0 Å². The molecule has 0 radical (unpaired) electrons. The van der Waals surface area contributed by atoms with Crippen molar-refractivity contribution in [3.05, 3.63) is 34.7 Å². The van der Waals surface area contributed by atoms with Crippen molar-refractivity contribution >= 4 is 22.8 Å². The van der Waals surface area contributed by atoms with Crippen LogP contribution in [-0.2, 0) is 16.1 Å². The molecular weight excluding hydrogens is 358 g/mol. The molecule has 2 saturated heterocycles. The number of nitrogens with zero attached hydrogens (tertiary/aromatic N) is 2. The summed E-state index contributed by atoms with van der Waals surface area (Å²) in [6, 6.07) is 7.31. The Balaban J connectivity index is 1.34. The molecule has 2 fully saturated rings. The fourth-order valence-corrected chi connectivity index (χ4v) is 4.23. The molecule has 2 aromatic rings. The molecule has 150 valence electrons. The van der Waals surface area contributed by atoms with Crippen LogP contribution in [0.3, 0.4) is 0 Å². The first-order chi connectivity index (χ1) is 13.6. The SMILES string of the molecule is O=C(NCC1CCCN(C(=O)Cn2c(=O)[nH]c3ccccc32)C1)C1CCCN1. The zero-order valence-electron chi connectivity index (χ0n) is 15.9. The number of H-pyrrole nitrogens is 1. The first-order valence-electron chi connectivity index (χ1n) is 10.1. The number of rotatable bonds is 5. The smallest absolute Gasteiger partial charge is 0.326 e. The zero-order chi connectivity index (χ0) is 19.5. The number of fused-ring (bicyclic) bond motifs is 1. The Kier molecular flexibility index (Phi) is 5.47. The van der Waals surface area contributed by atoms with Gasteiger partial charge in [0, 0.05) is 19.6 Å². The lowest BCUT2D eigenvalue weighted by atomic mass is 9.97. The van der Waals surface area contributed by atoms with Gasteiger partial charge in [0.2, 0.25) is 11.8 Å². The van der Waals surface area contributed by atoms with Crippen LogP contribution in [0.2, 0.25) is 0 Å². The van der Waals surface area contributed by atoms with Crippen molar-refractivity contribution in [2.24, 2.45) is 5.92 Å². The number of aromatic nitrogens is 2. The summed E-state index contributed by atoms with van der Waals surface area (Å²) in [5.41, 5.74) is 1.21. The van der Waals surface area contributed by atoms with Gasteiger partial charge in [-0.2, -0.15) is 0 Å². The third kappa shape index (κ3) is 3.96. The topological polar surface area (TPSA) is 99.2 Å². The van der Waals surface area contributed by atoms with E-state index in [1.165, 1.54) is 4.57 Å². The first kappa shape index (κ1) is 18.7. The molecule has 8 heteroatoms. The number of carbonyl (C=O) groups is 2. The van der Waals surface area contributed by atoms with Gasteiger partial charge in [-0.1, -0.05) is 12.1 Å². The number of para-hydroxylation sites is 2. The van der Waals surface area contributed by atoms with Gasteiger partial charge in [-0.25, -0.2) is 4.79 Å². The minimum absolute atomic E-state index is 0.0356. The Labute approximate surface area is 163 Å². The Morgan fingerprint density at radius 3 is 2.86 bits per heavy atom. The number of hydrogen-bond acceptors (Lipinski definition) is 4. The molecule has 0 saturated carbocycles. The number of likely N-dealkylation sites (tertiary alicyclic amines) is 1. The second-order valence-electron chi connectivity index (χ2n) is 7.78. The molecule has 3 heterocycles. The van der Waals surface area contributed by atoms with Crippen LogP contribution in [0.15, 0.2) is 29.1 Å². The lowest BCUT2D eigenvalue weighted by molar-refractivity contribution is -0.133. The van der Waals surface area contributed by atoms with Gasteiger partial charge in [0.25, 0.3) is 0 Å². The Hall–Kier alpha value is -2.61. The number of hydrogen-bond donors (Lipinski definition) is 3. The summed E-state index contributed by atoms with van der Waals surface area (Å²) in [6.45, 7) is 2.84. The molecule has 0 spiro atoms. The molecule has 2 aliphatic heterocycles. The van der Waals surface area contributed by atoms with Crippen molar-refractivity contribution in [2.75, 3.05) is 26.2 Å². The van der Waals surface area contributed by atoms with E-state index < -0.39 is 0 Å². The molecule has 2 aliphatic rings. The molecule has 4 rings (SSSR count). The van der Waals surface area contributed by atoms with E-state index >= 15 is 0 Å². The zero-order valence-corrected chi connectivity index (χ0v) is 15.9. The van der Waals surface area contributed by atoms with Gasteiger partial charge >= 0.3 is 5.69 Å². The first-order valence-corrected chi connectivity index (χ1v) is 10.1. The summed E-state index contributed by atoms with van der Waals surface area (Å²) in [6.07, 6.45) is 3.84. The van der Waals surface area contributed by atoms with Gasteiger partial charge in [-0.05, 0) is 50.3 Å². The summed E-state index contributed by atoms with van der Waals surface area (Å²) in [5, 5.41) is 6.24. The number of carbonyl (C=O) groups excluding carboxylic acids is 2. The second-order valence-corrected chi connectivity index (χ2v) is 7.78. The van der Waals surface area contributed by atoms with Crippen molar-refractivity contribution in [1.82, 2.24) is 25.1 Å². The van der Waals surface area contributed by atoms with Crippen LogP contribution in [0, 0.1) is 5.92 Å². The Morgan fingerprint density at radius 1 is 1.18 bits per heavy atom. The highest BCUT2D eigenvalue weighted by atomic mass is 16.2. The summed E-state index contributed by atoms with van der Waals surface area (Å²) in [5.74, 6) is 0.259. The molecule has 0 bridgehead atoms. The predicted molar refractivity (Wildman–Crippen MR) is 106 cm³/mol. The van der Waals surface area contributed by atoms with Crippen LogP contribution in [0.25, 0.3) is 11.0 Å². The third-order valence-corrected chi connectivity index (χ3v) is 5.79. The van der Waals surface area contributed by atoms with Gasteiger partial charge < -0.3 is 20.5 Å². The van der Waals surface area contributed by atoms with Crippen LogP contribution in [0.4, 0.5) is 0 Å². The quantitative estimate of drug-likeness (QED) is 0.695. The molecule has 8 nitrogen and oxygen atoms in total. The monoisotopic (exact) mass is 385 g/mol. The normalized spacial score (nSPS) is 22.5. The molecule has 2 amide bonds. The summed E-state index contributed by atoms with van der Waals surface area (Å²) < 4.78 is 1.49. The Bertz CT molecular complexity index is 912. The number of benzene rings is 1. The molecule has 2 unspecified atom stereocenters. The van der Waals surface area contributed by atoms with Crippen molar-refractivity contribution in [1.29, 1.82) is 0 Å². The van der Waals surface area contributed by atoms with E-state index in [1.807, 2.05) is 29.2 Å². The van der Waals surface area contributed by atoms with Gasteiger partial charge in [-0.15, -0.1) is 0 Å². The van der Waals surface area contributed by atoms with E-state index in [0.717, 1.165) is 43.3 Å². The van der Waals surface area contributed by atoms with Gasteiger partial charge in [0.05, 0.1) is 17.1 Å². The standard InChI is InChI=1S/C20H27N5O3/c26-18(13-25-17-8-2-1-6-15(17)23-20(25)28)24-10-4-5-14(12-24)11-22-19(27)16-7-3-9-21-16/h1-2,6,8,14,16,21H,3-5,7,9-13H2,(H,22,27)(H,23,28). The third-order valence-electron chi connectivity index (χ3n) is 5.79. The van der Waals surface area contributed by atoms with Crippen molar-refractivity contribution in [2.45, 2.75) is 38.3 Å². The lowest BCUT2D eigenvalue weighted by Gasteiger charge is -2.33. The van der Waals surface area contributed by atoms with Crippen LogP contribution in [-0.4, -0.2) is 58.5 Å². The molecule has 1 aromatic heterocycles. The highest BCUT2D eigenvalue weighted by molar-refractivity contribution is 5.82. The number of imidazole rings is 1. The highest BCUT2D eigenvalue weighted by Gasteiger charge is 2.27. The fourth-order valence-electron chi connectivity index (χ4n) is 4.23. The lowest BCUT2D eigenvalue weighted by Crippen LogP contribution is -2.47. The minimum Gasteiger partial charge on any atom is -0.354 e. The number of nitrogens with one attached hydrogen (secondary N) is 3.